The number of allylic oxidation sites excluding steroid dienone is 5. The van der Waals surface area contributed by atoms with Crippen molar-refractivity contribution >= 4 is 0 Å². The lowest BCUT2D eigenvalue weighted by molar-refractivity contribution is -0.161. The van der Waals surface area contributed by atoms with E-state index in [1.54, 1.807) is 0 Å². The number of hydrogen-bond donors (Lipinski definition) is 0. The van der Waals surface area contributed by atoms with E-state index in [0.717, 1.165) is 32.5 Å². The highest BCUT2D eigenvalue weighted by Gasteiger charge is 2.37. The van der Waals surface area contributed by atoms with E-state index in [-0.39, 0.29) is 5.79 Å². The Kier molecular flexibility index (Phi) is 2.70. The van der Waals surface area contributed by atoms with E-state index in [1.807, 2.05) is 0 Å². The van der Waals surface area contributed by atoms with Gasteiger partial charge in [-0.1, -0.05) is 24.3 Å². The lowest BCUT2D eigenvalue weighted by Gasteiger charge is -2.31. The molecule has 1 saturated heterocycles. The van der Waals surface area contributed by atoms with Gasteiger partial charge in [-0.3, -0.25) is 0 Å². The second-order valence-electron chi connectivity index (χ2n) is 4.70. The Balaban J connectivity index is 1.73. The van der Waals surface area contributed by atoms with Crippen LogP contribution in [0.3, 0.4) is 0 Å². The summed E-state index contributed by atoms with van der Waals surface area (Å²) in [6.07, 6.45) is 14.4. The summed E-state index contributed by atoms with van der Waals surface area (Å²) in [5.74, 6) is -0.269. The zero-order valence-electron chi connectivity index (χ0n) is 9.58. The SMILES string of the molecule is C1=CCCC(C2=CCC3(CC2)OCCO3)=C1. The summed E-state index contributed by atoms with van der Waals surface area (Å²) in [5.41, 5.74) is 3.02. The topological polar surface area (TPSA) is 18.5 Å². The Morgan fingerprint density at radius 2 is 1.94 bits per heavy atom. The van der Waals surface area contributed by atoms with Gasteiger partial charge in [-0.25, -0.2) is 0 Å². The van der Waals surface area contributed by atoms with Crippen molar-refractivity contribution in [2.24, 2.45) is 0 Å². The van der Waals surface area contributed by atoms with Gasteiger partial charge in [0, 0.05) is 12.8 Å². The predicted octanol–water partition coefficient (Wildman–Crippen LogP) is 3.12. The van der Waals surface area contributed by atoms with Gasteiger partial charge in [-0.15, -0.1) is 0 Å². The molecule has 2 aliphatic carbocycles. The minimum atomic E-state index is -0.269. The molecule has 0 aromatic rings. The zero-order chi connectivity index (χ0) is 10.8. The first kappa shape index (κ1) is 10.3. The van der Waals surface area contributed by atoms with Gasteiger partial charge < -0.3 is 9.47 Å². The second-order valence-corrected chi connectivity index (χ2v) is 4.70. The number of rotatable bonds is 1. The molecule has 2 nitrogen and oxygen atoms in total. The molecular weight excluding hydrogens is 200 g/mol. The van der Waals surface area contributed by atoms with E-state index in [9.17, 15) is 0 Å². The monoisotopic (exact) mass is 218 g/mol. The fraction of sp³-hybridized carbons (Fsp3) is 0.571. The van der Waals surface area contributed by atoms with Gasteiger partial charge >= 0.3 is 0 Å². The van der Waals surface area contributed by atoms with Crippen LogP contribution in [-0.4, -0.2) is 19.0 Å². The molecule has 0 radical (unpaired) electrons. The van der Waals surface area contributed by atoms with Crippen LogP contribution in [0.25, 0.3) is 0 Å². The van der Waals surface area contributed by atoms with Gasteiger partial charge in [0.25, 0.3) is 0 Å². The van der Waals surface area contributed by atoms with Crippen molar-refractivity contribution in [3.05, 3.63) is 35.5 Å². The van der Waals surface area contributed by atoms with Crippen molar-refractivity contribution in [3.63, 3.8) is 0 Å². The van der Waals surface area contributed by atoms with Gasteiger partial charge in [0.1, 0.15) is 0 Å². The molecule has 1 aliphatic heterocycles. The molecule has 0 saturated carbocycles. The van der Waals surface area contributed by atoms with E-state index in [4.69, 9.17) is 9.47 Å². The summed E-state index contributed by atoms with van der Waals surface area (Å²) < 4.78 is 11.4. The van der Waals surface area contributed by atoms with E-state index >= 15 is 0 Å². The standard InChI is InChI=1S/C14H18O2/c1-2-4-12(5-3-1)13-6-8-14(9-7-13)15-10-11-16-14/h1-2,4,6H,3,5,7-11H2. The lowest BCUT2D eigenvalue weighted by atomic mass is 9.86. The van der Waals surface area contributed by atoms with Crippen LogP contribution in [0, 0.1) is 0 Å². The maximum Gasteiger partial charge on any atom is 0.172 e. The third-order valence-corrected chi connectivity index (χ3v) is 3.67. The van der Waals surface area contributed by atoms with Crippen LogP contribution in [0.5, 0.6) is 0 Å². The van der Waals surface area contributed by atoms with Gasteiger partial charge in [-0.2, -0.15) is 0 Å². The van der Waals surface area contributed by atoms with Crippen LogP contribution in [0.1, 0.15) is 32.1 Å². The molecule has 86 valence electrons. The Labute approximate surface area is 96.6 Å². The van der Waals surface area contributed by atoms with Crippen LogP contribution >= 0.6 is 0 Å². The highest BCUT2D eigenvalue weighted by Crippen LogP contribution is 2.38. The van der Waals surface area contributed by atoms with Crippen molar-refractivity contribution in [1.82, 2.24) is 0 Å². The van der Waals surface area contributed by atoms with Gasteiger partial charge in [0.05, 0.1) is 13.2 Å². The summed E-state index contributed by atoms with van der Waals surface area (Å²) in [4.78, 5) is 0. The average Bonchev–Trinajstić information content (AvgIpc) is 2.80. The first-order valence-electron chi connectivity index (χ1n) is 6.21. The minimum absolute atomic E-state index is 0.269. The molecule has 1 heterocycles. The molecule has 0 N–H and O–H groups in total. The summed E-state index contributed by atoms with van der Waals surface area (Å²) in [5, 5.41) is 0. The van der Waals surface area contributed by atoms with Crippen molar-refractivity contribution < 1.29 is 9.47 Å². The summed E-state index contributed by atoms with van der Waals surface area (Å²) in [6, 6.07) is 0. The van der Waals surface area contributed by atoms with Crippen LogP contribution < -0.4 is 0 Å². The van der Waals surface area contributed by atoms with Crippen molar-refractivity contribution in [3.8, 4) is 0 Å². The fourth-order valence-electron chi connectivity index (χ4n) is 2.73. The smallest absolute Gasteiger partial charge is 0.172 e. The molecule has 0 unspecified atom stereocenters. The van der Waals surface area contributed by atoms with E-state index < -0.39 is 0 Å². The van der Waals surface area contributed by atoms with Crippen molar-refractivity contribution in [2.75, 3.05) is 13.2 Å². The molecule has 0 amide bonds. The molecule has 1 fully saturated rings. The fourth-order valence-corrected chi connectivity index (χ4v) is 2.73. The Bertz CT molecular complexity index is 357. The molecule has 1 spiro atoms. The molecule has 16 heavy (non-hydrogen) atoms. The Morgan fingerprint density at radius 1 is 1.06 bits per heavy atom. The summed E-state index contributed by atoms with van der Waals surface area (Å²) >= 11 is 0. The third-order valence-electron chi connectivity index (χ3n) is 3.67. The largest absolute Gasteiger partial charge is 0.347 e. The number of hydrogen-bond acceptors (Lipinski definition) is 2. The third kappa shape index (κ3) is 1.87. The van der Waals surface area contributed by atoms with E-state index in [0.29, 0.717) is 0 Å². The molecule has 0 bridgehead atoms. The summed E-state index contributed by atoms with van der Waals surface area (Å²) in [7, 11) is 0. The quantitative estimate of drug-likeness (QED) is 0.673. The average molecular weight is 218 g/mol. The predicted molar refractivity (Wildman–Crippen MR) is 63.0 cm³/mol. The first-order valence-corrected chi connectivity index (χ1v) is 6.21. The van der Waals surface area contributed by atoms with E-state index in [1.165, 1.54) is 24.0 Å². The highest BCUT2D eigenvalue weighted by atomic mass is 16.7. The molecule has 2 heteroatoms. The minimum Gasteiger partial charge on any atom is -0.347 e. The zero-order valence-corrected chi connectivity index (χ0v) is 9.58. The van der Waals surface area contributed by atoms with Crippen molar-refractivity contribution in [1.29, 1.82) is 0 Å². The molecule has 3 rings (SSSR count). The Hall–Kier alpha value is -0.860. The highest BCUT2D eigenvalue weighted by molar-refractivity contribution is 5.37. The molecular formula is C14H18O2. The normalized spacial score (nSPS) is 28.0. The maximum atomic E-state index is 5.72. The van der Waals surface area contributed by atoms with Crippen LogP contribution in [0.4, 0.5) is 0 Å². The van der Waals surface area contributed by atoms with Gasteiger partial charge in [0.15, 0.2) is 5.79 Å². The lowest BCUT2D eigenvalue weighted by Crippen LogP contribution is -2.31. The second kappa shape index (κ2) is 4.19. The van der Waals surface area contributed by atoms with Crippen LogP contribution in [0.2, 0.25) is 0 Å². The number of ether oxygens (including phenoxy) is 2. The maximum absolute atomic E-state index is 5.72. The molecule has 0 aromatic carbocycles. The first-order chi connectivity index (χ1) is 7.88. The van der Waals surface area contributed by atoms with Crippen molar-refractivity contribution in [2.45, 2.75) is 37.9 Å². The van der Waals surface area contributed by atoms with Crippen LogP contribution in [0.15, 0.2) is 35.5 Å². The van der Waals surface area contributed by atoms with Gasteiger partial charge in [0.2, 0.25) is 0 Å². The Morgan fingerprint density at radius 3 is 2.56 bits per heavy atom. The van der Waals surface area contributed by atoms with Crippen LogP contribution in [-0.2, 0) is 9.47 Å². The molecule has 0 aromatic heterocycles. The molecule has 3 aliphatic rings. The molecule has 0 atom stereocenters. The summed E-state index contributed by atoms with van der Waals surface area (Å²) in [6.45, 7) is 1.52. The van der Waals surface area contributed by atoms with E-state index in [2.05, 4.69) is 24.3 Å². The van der Waals surface area contributed by atoms with Gasteiger partial charge in [-0.05, 0) is 30.4 Å².